The van der Waals surface area contributed by atoms with E-state index in [0.717, 1.165) is 0 Å². The zero-order valence-electron chi connectivity index (χ0n) is 9.29. The Morgan fingerprint density at radius 3 is 2.21 bits per heavy atom. The van der Waals surface area contributed by atoms with Gasteiger partial charge < -0.3 is 0 Å². The quantitative estimate of drug-likeness (QED) is 0.734. The van der Waals surface area contributed by atoms with E-state index in [9.17, 15) is 9.59 Å². The Hall–Kier alpha value is -0.341. The summed E-state index contributed by atoms with van der Waals surface area (Å²) in [7, 11) is 0. The van der Waals surface area contributed by atoms with E-state index in [1.54, 1.807) is 0 Å². The molecule has 14 heavy (non-hydrogen) atoms. The first kappa shape index (κ1) is 13.7. The minimum absolute atomic E-state index is 0.00547. The summed E-state index contributed by atoms with van der Waals surface area (Å²) < 4.78 is 0. The summed E-state index contributed by atoms with van der Waals surface area (Å²) in [6, 6.07) is 0. The number of carbonyl (C=O) groups is 2. The van der Waals surface area contributed by atoms with E-state index in [-0.39, 0.29) is 24.2 Å². The standard InChI is InChI=1S/C10H19NO2Se/c1-7(2)9(12)5-11-10(13)6-14-8(3)4/h7-8H,5-6H2,1-4H3,(H,11,13). The third-order valence-corrected chi connectivity index (χ3v) is 3.95. The van der Waals surface area contributed by atoms with Gasteiger partial charge in [0.05, 0.1) is 0 Å². The Bertz CT molecular complexity index is 202. The molecule has 0 aliphatic rings. The topological polar surface area (TPSA) is 46.2 Å². The molecule has 0 unspecified atom stereocenters. The van der Waals surface area contributed by atoms with Crippen LogP contribution in [-0.2, 0) is 9.59 Å². The number of carbonyl (C=O) groups excluding carboxylic acids is 2. The van der Waals surface area contributed by atoms with Crippen LogP contribution in [0.1, 0.15) is 27.7 Å². The molecule has 0 aromatic rings. The number of hydrogen-bond donors (Lipinski definition) is 1. The molecule has 0 atom stereocenters. The SMILES string of the molecule is CC(C)[Se]CC(=O)NCC(=O)C(C)C. The Kier molecular flexibility index (Phi) is 6.85. The summed E-state index contributed by atoms with van der Waals surface area (Å²) in [5.41, 5.74) is 0. The average Bonchev–Trinajstić information content (AvgIpc) is 2.10. The molecule has 0 aromatic carbocycles. The Balaban J connectivity index is 3.59. The average molecular weight is 264 g/mol. The fourth-order valence-corrected chi connectivity index (χ4v) is 1.91. The van der Waals surface area contributed by atoms with E-state index in [0.29, 0.717) is 25.1 Å². The molecule has 0 aromatic heterocycles. The van der Waals surface area contributed by atoms with E-state index >= 15 is 0 Å². The van der Waals surface area contributed by atoms with Gasteiger partial charge in [0, 0.05) is 0 Å². The molecule has 0 saturated carbocycles. The van der Waals surface area contributed by atoms with Gasteiger partial charge in [0.1, 0.15) is 0 Å². The van der Waals surface area contributed by atoms with Gasteiger partial charge in [-0.15, -0.1) is 0 Å². The maximum absolute atomic E-state index is 11.2. The van der Waals surface area contributed by atoms with Gasteiger partial charge in [-0.05, 0) is 0 Å². The van der Waals surface area contributed by atoms with E-state index in [1.165, 1.54) is 0 Å². The first-order valence-corrected chi connectivity index (χ1v) is 7.04. The number of hydrogen-bond acceptors (Lipinski definition) is 2. The zero-order chi connectivity index (χ0) is 11.1. The van der Waals surface area contributed by atoms with Gasteiger partial charge in [-0.1, -0.05) is 0 Å². The van der Waals surface area contributed by atoms with Crippen LogP contribution in [0.2, 0.25) is 10.1 Å². The van der Waals surface area contributed by atoms with E-state index in [1.807, 2.05) is 13.8 Å². The second kappa shape index (κ2) is 7.02. The van der Waals surface area contributed by atoms with Crippen molar-refractivity contribution in [1.82, 2.24) is 5.32 Å². The van der Waals surface area contributed by atoms with Crippen LogP contribution in [0, 0.1) is 5.92 Å². The molecule has 0 bridgehead atoms. The van der Waals surface area contributed by atoms with Gasteiger partial charge in [-0.3, -0.25) is 0 Å². The van der Waals surface area contributed by atoms with Crippen LogP contribution in [0.4, 0.5) is 0 Å². The fraction of sp³-hybridized carbons (Fsp3) is 0.800. The minimum atomic E-state index is 0.00547. The molecule has 82 valence electrons. The van der Waals surface area contributed by atoms with Gasteiger partial charge >= 0.3 is 91.8 Å². The third kappa shape index (κ3) is 7.10. The van der Waals surface area contributed by atoms with Crippen molar-refractivity contribution in [2.45, 2.75) is 37.8 Å². The van der Waals surface area contributed by atoms with Crippen molar-refractivity contribution in [3.05, 3.63) is 0 Å². The summed E-state index contributed by atoms with van der Waals surface area (Å²) in [6.45, 7) is 8.07. The monoisotopic (exact) mass is 265 g/mol. The fourth-order valence-electron chi connectivity index (χ4n) is 0.683. The number of ketones is 1. The first-order chi connectivity index (χ1) is 6.43. The Morgan fingerprint density at radius 2 is 1.79 bits per heavy atom. The van der Waals surface area contributed by atoms with Gasteiger partial charge in [-0.2, -0.15) is 0 Å². The molecular formula is C10H19NO2Se. The van der Waals surface area contributed by atoms with Crippen LogP contribution in [0.5, 0.6) is 0 Å². The molecule has 0 spiro atoms. The molecule has 1 amide bonds. The van der Waals surface area contributed by atoms with Crippen LogP contribution >= 0.6 is 0 Å². The summed E-state index contributed by atoms with van der Waals surface area (Å²) in [4.78, 5) is 23.0. The molecular weight excluding hydrogens is 245 g/mol. The van der Waals surface area contributed by atoms with Gasteiger partial charge in [0.25, 0.3) is 0 Å². The molecule has 3 nitrogen and oxygen atoms in total. The van der Waals surface area contributed by atoms with Crippen molar-refractivity contribution < 1.29 is 9.59 Å². The van der Waals surface area contributed by atoms with E-state index < -0.39 is 0 Å². The van der Waals surface area contributed by atoms with Gasteiger partial charge in [-0.25, -0.2) is 0 Å². The maximum atomic E-state index is 11.2. The van der Waals surface area contributed by atoms with Crippen LogP contribution in [0.15, 0.2) is 0 Å². The number of Topliss-reactive ketones (excluding diaryl/α,β-unsaturated/α-hetero) is 1. The van der Waals surface area contributed by atoms with Crippen molar-refractivity contribution in [2.24, 2.45) is 5.92 Å². The molecule has 0 fully saturated rings. The Labute approximate surface area is 92.2 Å². The van der Waals surface area contributed by atoms with Crippen molar-refractivity contribution >= 4 is 26.6 Å². The van der Waals surface area contributed by atoms with Gasteiger partial charge in [0.15, 0.2) is 0 Å². The molecule has 0 aliphatic heterocycles. The van der Waals surface area contributed by atoms with Crippen LogP contribution in [0.3, 0.4) is 0 Å². The number of nitrogens with one attached hydrogen (secondary N) is 1. The van der Waals surface area contributed by atoms with Gasteiger partial charge in [0.2, 0.25) is 0 Å². The Morgan fingerprint density at radius 1 is 1.21 bits per heavy atom. The summed E-state index contributed by atoms with van der Waals surface area (Å²) in [5, 5.41) is 3.23. The molecule has 0 aliphatic carbocycles. The second-order valence-electron chi connectivity index (χ2n) is 3.76. The number of rotatable bonds is 6. The molecule has 0 saturated heterocycles. The summed E-state index contributed by atoms with van der Waals surface area (Å²) in [5.74, 6) is 0.106. The second-order valence-corrected chi connectivity index (χ2v) is 7.04. The predicted octanol–water partition coefficient (Wildman–Crippen LogP) is 1.28. The van der Waals surface area contributed by atoms with Crippen molar-refractivity contribution in [1.29, 1.82) is 0 Å². The molecule has 0 radical (unpaired) electrons. The molecule has 0 rings (SSSR count). The van der Waals surface area contributed by atoms with Crippen LogP contribution in [-0.4, -0.2) is 33.2 Å². The van der Waals surface area contributed by atoms with E-state index in [4.69, 9.17) is 0 Å². The summed E-state index contributed by atoms with van der Waals surface area (Å²) in [6.07, 6.45) is 0. The molecule has 4 heteroatoms. The molecule has 1 N–H and O–H groups in total. The normalized spacial score (nSPS) is 10.7. The first-order valence-electron chi connectivity index (χ1n) is 4.84. The van der Waals surface area contributed by atoms with Crippen molar-refractivity contribution in [2.75, 3.05) is 6.54 Å². The summed E-state index contributed by atoms with van der Waals surface area (Å²) >= 11 is 0.352. The molecule has 0 heterocycles. The van der Waals surface area contributed by atoms with Crippen LogP contribution in [0.25, 0.3) is 0 Å². The predicted molar refractivity (Wildman–Crippen MR) is 58.5 cm³/mol. The van der Waals surface area contributed by atoms with E-state index in [2.05, 4.69) is 19.2 Å². The number of amides is 1. The van der Waals surface area contributed by atoms with Crippen molar-refractivity contribution in [3.63, 3.8) is 0 Å². The third-order valence-electron chi connectivity index (χ3n) is 1.65. The van der Waals surface area contributed by atoms with Crippen LogP contribution < -0.4 is 5.32 Å². The van der Waals surface area contributed by atoms with Crippen molar-refractivity contribution in [3.8, 4) is 0 Å². The zero-order valence-corrected chi connectivity index (χ0v) is 11.0.